The molecular formula is C12H22ClN3. The second-order valence-electron chi connectivity index (χ2n) is 4.37. The quantitative estimate of drug-likeness (QED) is 0.831. The van der Waals surface area contributed by atoms with Crippen LogP contribution in [-0.4, -0.2) is 16.3 Å². The highest BCUT2D eigenvalue weighted by atomic mass is 35.5. The van der Waals surface area contributed by atoms with Gasteiger partial charge in [-0.05, 0) is 25.8 Å². The van der Waals surface area contributed by atoms with E-state index in [2.05, 4.69) is 38.1 Å². The van der Waals surface area contributed by atoms with Crippen LogP contribution in [0.2, 0.25) is 5.02 Å². The normalized spacial score (nSPS) is 13.4. The third-order valence-corrected chi connectivity index (χ3v) is 3.00. The SMILES string of the molecule is CCCNC(c1c(Cl)cnn1CC)C(C)C. The second kappa shape index (κ2) is 6.26. The number of aromatic nitrogens is 2. The fourth-order valence-electron chi connectivity index (χ4n) is 1.88. The highest BCUT2D eigenvalue weighted by Gasteiger charge is 2.22. The molecule has 0 aliphatic heterocycles. The molecule has 0 saturated heterocycles. The Balaban J connectivity index is 2.95. The number of nitrogens with zero attached hydrogens (tertiary/aromatic N) is 2. The maximum atomic E-state index is 6.22. The number of rotatable bonds is 6. The maximum absolute atomic E-state index is 6.22. The minimum atomic E-state index is 0.287. The summed E-state index contributed by atoms with van der Waals surface area (Å²) in [5, 5.41) is 8.60. The molecule has 0 aliphatic carbocycles. The third kappa shape index (κ3) is 2.98. The molecule has 0 amide bonds. The van der Waals surface area contributed by atoms with Crippen LogP contribution in [0.25, 0.3) is 0 Å². The van der Waals surface area contributed by atoms with Crippen LogP contribution in [-0.2, 0) is 6.54 Å². The van der Waals surface area contributed by atoms with Gasteiger partial charge in [-0.25, -0.2) is 0 Å². The van der Waals surface area contributed by atoms with Crippen molar-refractivity contribution < 1.29 is 0 Å². The maximum Gasteiger partial charge on any atom is 0.0834 e. The highest BCUT2D eigenvalue weighted by molar-refractivity contribution is 6.31. The largest absolute Gasteiger partial charge is 0.308 e. The van der Waals surface area contributed by atoms with Gasteiger partial charge in [-0.3, -0.25) is 4.68 Å². The van der Waals surface area contributed by atoms with Crippen LogP contribution in [0.5, 0.6) is 0 Å². The van der Waals surface area contributed by atoms with E-state index in [-0.39, 0.29) is 6.04 Å². The zero-order chi connectivity index (χ0) is 12.1. The van der Waals surface area contributed by atoms with E-state index in [9.17, 15) is 0 Å². The predicted octanol–water partition coefficient (Wildman–Crippen LogP) is 3.25. The van der Waals surface area contributed by atoms with Crippen molar-refractivity contribution >= 4 is 11.6 Å². The van der Waals surface area contributed by atoms with Crippen LogP contribution in [0.3, 0.4) is 0 Å². The number of halogens is 1. The summed E-state index contributed by atoms with van der Waals surface area (Å²) in [6.45, 7) is 10.5. The lowest BCUT2D eigenvalue weighted by Gasteiger charge is -2.23. The first-order valence-electron chi connectivity index (χ1n) is 6.06. The number of hydrogen-bond donors (Lipinski definition) is 1. The standard InChI is InChI=1S/C12H22ClN3/c1-5-7-14-11(9(3)4)12-10(13)8-15-16(12)6-2/h8-9,11,14H,5-7H2,1-4H3. The van der Waals surface area contributed by atoms with E-state index in [4.69, 9.17) is 11.6 Å². The Hall–Kier alpha value is -0.540. The van der Waals surface area contributed by atoms with E-state index in [0.29, 0.717) is 5.92 Å². The summed E-state index contributed by atoms with van der Waals surface area (Å²) in [6, 6.07) is 0.287. The molecule has 16 heavy (non-hydrogen) atoms. The average Bonchev–Trinajstić information content (AvgIpc) is 2.61. The lowest BCUT2D eigenvalue weighted by atomic mass is 10.0. The van der Waals surface area contributed by atoms with Crippen LogP contribution in [0.4, 0.5) is 0 Å². The molecule has 0 saturated carbocycles. The van der Waals surface area contributed by atoms with Crippen LogP contribution in [0.15, 0.2) is 6.20 Å². The van der Waals surface area contributed by atoms with Gasteiger partial charge in [0.25, 0.3) is 0 Å². The summed E-state index contributed by atoms with van der Waals surface area (Å²) in [5.41, 5.74) is 1.12. The lowest BCUT2D eigenvalue weighted by molar-refractivity contribution is 0.385. The van der Waals surface area contributed by atoms with Crippen molar-refractivity contribution in [2.45, 2.75) is 46.7 Å². The highest BCUT2D eigenvalue weighted by Crippen LogP contribution is 2.28. The molecule has 1 aromatic rings. The molecule has 0 fully saturated rings. The molecule has 0 radical (unpaired) electrons. The summed E-state index contributed by atoms with van der Waals surface area (Å²) in [7, 11) is 0. The van der Waals surface area contributed by atoms with Crippen LogP contribution >= 0.6 is 11.6 Å². The van der Waals surface area contributed by atoms with Gasteiger partial charge in [0.2, 0.25) is 0 Å². The summed E-state index contributed by atoms with van der Waals surface area (Å²) < 4.78 is 1.98. The number of aryl methyl sites for hydroxylation is 1. The Morgan fingerprint density at radius 1 is 1.44 bits per heavy atom. The van der Waals surface area contributed by atoms with Crippen molar-refractivity contribution in [1.29, 1.82) is 0 Å². The van der Waals surface area contributed by atoms with Crippen LogP contribution in [0, 0.1) is 5.92 Å². The summed E-state index contributed by atoms with van der Waals surface area (Å²) in [6.07, 6.45) is 2.87. The molecule has 1 atom stereocenters. The van der Waals surface area contributed by atoms with E-state index in [0.717, 1.165) is 30.2 Å². The van der Waals surface area contributed by atoms with E-state index >= 15 is 0 Å². The van der Waals surface area contributed by atoms with Gasteiger partial charge >= 0.3 is 0 Å². The zero-order valence-electron chi connectivity index (χ0n) is 10.6. The monoisotopic (exact) mass is 243 g/mol. The Kier molecular flexibility index (Phi) is 5.29. The van der Waals surface area contributed by atoms with Gasteiger partial charge in [0.1, 0.15) is 0 Å². The van der Waals surface area contributed by atoms with Gasteiger partial charge in [-0.2, -0.15) is 5.10 Å². The molecule has 1 rings (SSSR count). The first-order valence-corrected chi connectivity index (χ1v) is 6.44. The van der Waals surface area contributed by atoms with Crippen LogP contribution in [0.1, 0.15) is 45.9 Å². The average molecular weight is 244 g/mol. The van der Waals surface area contributed by atoms with Crippen molar-refractivity contribution in [3.63, 3.8) is 0 Å². The Morgan fingerprint density at radius 2 is 2.12 bits per heavy atom. The van der Waals surface area contributed by atoms with Crippen LogP contribution < -0.4 is 5.32 Å². The van der Waals surface area contributed by atoms with Crippen molar-refractivity contribution in [3.05, 3.63) is 16.9 Å². The molecule has 1 unspecified atom stereocenters. The van der Waals surface area contributed by atoms with Crippen molar-refractivity contribution in [2.24, 2.45) is 5.92 Å². The number of nitrogens with one attached hydrogen (secondary N) is 1. The van der Waals surface area contributed by atoms with Gasteiger partial charge < -0.3 is 5.32 Å². The first-order chi connectivity index (χ1) is 7.61. The Bertz CT molecular complexity index is 320. The minimum Gasteiger partial charge on any atom is -0.308 e. The fraction of sp³-hybridized carbons (Fsp3) is 0.750. The van der Waals surface area contributed by atoms with E-state index < -0.39 is 0 Å². The third-order valence-electron chi connectivity index (χ3n) is 2.71. The van der Waals surface area contributed by atoms with E-state index in [1.165, 1.54) is 0 Å². The minimum absolute atomic E-state index is 0.287. The van der Waals surface area contributed by atoms with Crippen molar-refractivity contribution in [1.82, 2.24) is 15.1 Å². The van der Waals surface area contributed by atoms with E-state index in [1.807, 2.05) is 4.68 Å². The predicted molar refractivity (Wildman–Crippen MR) is 68.8 cm³/mol. The lowest BCUT2D eigenvalue weighted by Crippen LogP contribution is -2.29. The molecule has 1 N–H and O–H groups in total. The molecule has 3 nitrogen and oxygen atoms in total. The molecule has 0 aliphatic rings. The van der Waals surface area contributed by atoms with E-state index in [1.54, 1.807) is 6.20 Å². The molecule has 0 bridgehead atoms. The van der Waals surface area contributed by atoms with Gasteiger partial charge in [-0.15, -0.1) is 0 Å². The topological polar surface area (TPSA) is 29.9 Å². The number of hydrogen-bond acceptors (Lipinski definition) is 2. The smallest absolute Gasteiger partial charge is 0.0834 e. The fourth-order valence-corrected chi connectivity index (χ4v) is 2.14. The van der Waals surface area contributed by atoms with Crippen molar-refractivity contribution in [2.75, 3.05) is 6.54 Å². The van der Waals surface area contributed by atoms with Gasteiger partial charge in [0.05, 0.1) is 23.0 Å². The van der Waals surface area contributed by atoms with Gasteiger partial charge in [0.15, 0.2) is 0 Å². The van der Waals surface area contributed by atoms with Gasteiger partial charge in [-0.1, -0.05) is 32.4 Å². The zero-order valence-corrected chi connectivity index (χ0v) is 11.4. The second-order valence-corrected chi connectivity index (χ2v) is 4.78. The summed E-state index contributed by atoms with van der Waals surface area (Å²) in [4.78, 5) is 0. The molecular weight excluding hydrogens is 222 g/mol. The summed E-state index contributed by atoms with van der Waals surface area (Å²) >= 11 is 6.22. The molecule has 1 heterocycles. The molecule has 0 aromatic carbocycles. The molecule has 0 spiro atoms. The first kappa shape index (κ1) is 13.5. The Morgan fingerprint density at radius 3 is 2.62 bits per heavy atom. The molecule has 92 valence electrons. The van der Waals surface area contributed by atoms with Gasteiger partial charge in [0, 0.05) is 6.54 Å². The molecule has 1 aromatic heterocycles. The summed E-state index contributed by atoms with van der Waals surface area (Å²) in [5.74, 6) is 0.506. The molecule has 4 heteroatoms. The Labute approximate surface area is 103 Å². The van der Waals surface area contributed by atoms with Crippen molar-refractivity contribution in [3.8, 4) is 0 Å².